The second-order valence-electron chi connectivity index (χ2n) is 4.68. The lowest BCUT2D eigenvalue weighted by molar-refractivity contribution is -0.141. The summed E-state index contributed by atoms with van der Waals surface area (Å²) in [6.45, 7) is 3.89. The second-order valence-corrected chi connectivity index (χ2v) is 4.68. The Morgan fingerprint density at radius 2 is 1.84 bits per heavy atom. The minimum Gasteiger partial charge on any atom is -0.497 e. The van der Waals surface area contributed by atoms with E-state index in [1.165, 1.54) is 12.5 Å². The highest BCUT2D eigenvalue weighted by Crippen LogP contribution is 2.25. The SMILES string of the molecule is COc1ccc2cc([C@@H](C)COC(C)=O)ccc2c1. The highest BCUT2D eigenvalue weighted by molar-refractivity contribution is 5.84. The topological polar surface area (TPSA) is 35.5 Å². The Hall–Kier alpha value is -2.03. The van der Waals surface area contributed by atoms with E-state index < -0.39 is 0 Å². The van der Waals surface area contributed by atoms with Crippen molar-refractivity contribution in [2.45, 2.75) is 19.8 Å². The number of carbonyl (C=O) groups is 1. The largest absolute Gasteiger partial charge is 0.497 e. The van der Waals surface area contributed by atoms with Crippen LogP contribution in [-0.4, -0.2) is 19.7 Å². The first-order valence-corrected chi connectivity index (χ1v) is 6.31. The van der Waals surface area contributed by atoms with Crippen LogP contribution in [0.15, 0.2) is 36.4 Å². The summed E-state index contributed by atoms with van der Waals surface area (Å²) in [5.74, 6) is 0.806. The van der Waals surface area contributed by atoms with Gasteiger partial charge in [-0.05, 0) is 28.5 Å². The van der Waals surface area contributed by atoms with Crippen molar-refractivity contribution in [3.05, 3.63) is 42.0 Å². The Morgan fingerprint density at radius 3 is 2.53 bits per heavy atom. The normalized spacial score (nSPS) is 12.2. The highest BCUT2D eigenvalue weighted by Gasteiger charge is 2.08. The molecule has 0 aromatic heterocycles. The summed E-state index contributed by atoms with van der Waals surface area (Å²) in [6.07, 6.45) is 0. The maximum absolute atomic E-state index is 10.8. The third kappa shape index (κ3) is 3.25. The summed E-state index contributed by atoms with van der Waals surface area (Å²) in [7, 11) is 1.66. The lowest BCUT2D eigenvalue weighted by Crippen LogP contribution is -2.07. The van der Waals surface area contributed by atoms with Crippen LogP contribution < -0.4 is 4.74 Å². The fourth-order valence-corrected chi connectivity index (χ4v) is 2.01. The minimum absolute atomic E-state index is 0.190. The summed E-state index contributed by atoms with van der Waals surface area (Å²) >= 11 is 0. The van der Waals surface area contributed by atoms with Crippen LogP contribution in [0.1, 0.15) is 25.3 Å². The van der Waals surface area contributed by atoms with Crippen molar-refractivity contribution in [3.63, 3.8) is 0 Å². The molecule has 0 aliphatic carbocycles. The van der Waals surface area contributed by atoms with E-state index in [2.05, 4.69) is 18.2 Å². The van der Waals surface area contributed by atoms with Crippen LogP contribution >= 0.6 is 0 Å². The van der Waals surface area contributed by atoms with E-state index in [4.69, 9.17) is 9.47 Å². The molecular weight excluding hydrogens is 240 g/mol. The van der Waals surface area contributed by atoms with Gasteiger partial charge in [0.05, 0.1) is 13.7 Å². The maximum atomic E-state index is 10.8. The standard InChI is InChI=1S/C16H18O3/c1-11(10-19-12(2)17)13-4-5-15-9-16(18-3)7-6-14(15)8-13/h4-9,11H,10H2,1-3H3/t11-/m0/s1. The maximum Gasteiger partial charge on any atom is 0.302 e. The molecule has 3 nitrogen and oxygen atoms in total. The molecule has 0 spiro atoms. The molecule has 0 N–H and O–H groups in total. The van der Waals surface area contributed by atoms with Gasteiger partial charge >= 0.3 is 5.97 Å². The summed E-state index contributed by atoms with van der Waals surface area (Å²) in [5.41, 5.74) is 1.17. The zero-order valence-electron chi connectivity index (χ0n) is 11.5. The fraction of sp³-hybridized carbons (Fsp3) is 0.312. The van der Waals surface area contributed by atoms with Gasteiger partial charge < -0.3 is 9.47 Å². The lowest BCUT2D eigenvalue weighted by Gasteiger charge is -2.13. The van der Waals surface area contributed by atoms with Gasteiger partial charge in [-0.15, -0.1) is 0 Å². The molecule has 19 heavy (non-hydrogen) atoms. The Kier molecular flexibility index (Phi) is 4.05. The molecule has 1 atom stereocenters. The molecule has 3 heteroatoms. The molecule has 0 fully saturated rings. The van der Waals surface area contributed by atoms with Gasteiger partial charge in [-0.2, -0.15) is 0 Å². The van der Waals surface area contributed by atoms with Crippen LogP contribution in [0.5, 0.6) is 5.75 Å². The van der Waals surface area contributed by atoms with Crippen LogP contribution in [0.2, 0.25) is 0 Å². The third-order valence-corrected chi connectivity index (χ3v) is 3.18. The van der Waals surface area contributed by atoms with Gasteiger partial charge in [-0.25, -0.2) is 0 Å². The first kappa shape index (κ1) is 13.4. The predicted octanol–water partition coefficient (Wildman–Crippen LogP) is 3.52. The number of ether oxygens (including phenoxy) is 2. The van der Waals surface area contributed by atoms with Crippen molar-refractivity contribution in [1.82, 2.24) is 0 Å². The average Bonchev–Trinajstić information content (AvgIpc) is 2.43. The number of rotatable bonds is 4. The van der Waals surface area contributed by atoms with E-state index in [1.54, 1.807) is 7.11 Å². The van der Waals surface area contributed by atoms with Gasteiger partial charge in [-0.1, -0.05) is 31.2 Å². The van der Waals surface area contributed by atoms with E-state index in [1.807, 2.05) is 25.1 Å². The molecule has 0 saturated heterocycles. The molecule has 0 radical (unpaired) electrons. The smallest absolute Gasteiger partial charge is 0.302 e. The summed E-state index contributed by atoms with van der Waals surface area (Å²) in [5, 5.41) is 2.30. The van der Waals surface area contributed by atoms with Gasteiger partial charge in [0.15, 0.2) is 0 Å². The highest BCUT2D eigenvalue weighted by atomic mass is 16.5. The fourth-order valence-electron chi connectivity index (χ4n) is 2.01. The molecule has 0 amide bonds. The van der Waals surface area contributed by atoms with E-state index in [0.717, 1.165) is 16.5 Å². The van der Waals surface area contributed by atoms with Gasteiger partial charge in [0.2, 0.25) is 0 Å². The van der Waals surface area contributed by atoms with Crippen LogP contribution in [0, 0.1) is 0 Å². The molecule has 2 aromatic rings. The van der Waals surface area contributed by atoms with Gasteiger partial charge in [0.1, 0.15) is 5.75 Å². The molecule has 0 heterocycles. The van der Waals surface area contributed by atoms with Crippen molar-refractivity contribution < 1.29 is 14.3 Å². The van der Waals surface area contributed by atoms with Crippen molar-refractivity contribution in [1.29, 1.82) is 0 Å². The Balaban J connectivity index is 2.23. The molecule has 100 valence electrons. The number of fused-ring (bicyclic) bond motifs is 1. The molecule has 0 bridgehead atoms. The summed E-state index contributed by atoms with van der Waals surface area (Å²) < 4.78 is 10.3. The average molecular weight is 258 g/mol. The monoisotopic (exact) mass is 258 g/mol. The van der Waals surface area contributed by atoms with Gasteiger partial charge in [0, 0.05) is 12.8 Å². The van der Waals surface area contributed by atoms with Crippen molar-refractivity contribution in [2.75, 3.05) is 13.7 Å². The number of carbonyl (C=O) groups excluding carboxylic acids is 1. The van der Waals surface area contributed by atoms with Gasteiger partial charge in [-0.3, -0.25) is 4.79 Å². The second kappa shape index (κ2) is 5.74. The molecule has 2 aromatic carbocycles. The van der Waals surface area contributed by atoms with Crippen molar-refractivity contribution in [2.24, 2.45) is 0 Å². The van der Waals surface area contributed by atoms with Crippen molar-refractivity contribution >= 4 is 16.7 Å². The van der Waals surface area contributed by atoms with Crippen molar-refractivity contribution in [3.8, 4) is 5.75 Å². The summed E-state index contributed by atoms with van der Waals surface area (Å²) in [4.78, 5) is 10.8. The summed E-state index contributed by atoms with van der Waals surface area (Å²) in [6, 6.07) is 12.3. The first-order chi connectivity index (χ1) is 9.10. The Labute approximate surface area is 113 Å². The molecule has 0 unspecified atom stereocenters. The number of methoxy groups -OCH3 is 1. The van der Waals surface area contributed by atoms with Crippen LogP contribution in [0.3, 0.4) is 0 Å². The number of hydrogen-bond acceptors (Lipinski definition) is 3. The Bertz CT molecular complexity index is 590. The van der Waals surface area contributed by atoms with E-state index in [0.29, 0.717) is 6.61 Å². The molecule has 0 aliphatic heterocycles. The quantitative estimate of drug-likeness (QED) is 0.787. The molecular formula is C16H18O3. The van der Waals surface area contributed by atoms with E-state index in [-0.39, 0.29) is 11.9 Å². The predicted molar refractivity (Wildman–Crippen MR) is 75.5 cm³/mol. The lowest BCUT2D eigenvalue weighted by atomic mass is 9.98. The minimum atomic E-state index is -0.239. The van der Waals surface area contributed by atoms with E-state index >= 15 is 0 Å². The number of benzene rings is 2. The first-order valence-electron chi connectivity index (χ1n) is 6.31. The van der Waals surface area contributed by atoms with Gasteiger partial charge in [0.25, 0.3) is 0 Å². The number of hydrogen-bond donors (Lipinski definition) is 0. The zero-order valence-corrected chi connectivity index (χ0v) is 11.5. The van der Waals surface area contributed by atoms with Crippen LogP contribution in [0.25, 0.3) is 10.8 Å². The molecule has 0 aliphatic rings. The molecule has 0 saturated carbocycles. The third-order valence-electron chi connectivity index (χ3n) is 3.18. The van der Waals surface area contributed by atoms with Crippen LogP contribution in [0.4, 0.5) is 0 Å². The number of esters is 1. The van der Waals surface area contributed by atoms with Crippen LogP contribution in [-0.2, 0) is 9.53 Å². The zero-order chi connectivity index (χ0) is 13.8. The molecule has 2 rings (SSSR count). The Morgan fingerprint density at radius 1 is 1.16 bits per heavy atom. The van der Waals surface area contributed by atoms with E-state index in [9.17, 15) is 4.79 Å².